The van der Waals surface area contributed by atoms with E-state index in [1.165, 1.54) is 12.8 Å². The molecule has 2 saturated carbocycles. The standard InChI is InChI=1S/C16H30N2O3/c1-16(2,3)21-15(20)18-13-8-6-12(7-9-13)17-10-14(19)11-4-5-11/h11-14,17,19H,4-10H2,1-3H3,(H,18,20). The molecule has 0 aliphatic heterocycles. The molecule has 1 unspecified atom stereocenters. The Morgan fingerprint density at radius 3 is 2.24 bits per heavy atom. The summed E-state index contributed by atoms with van der Waals surface area (Å²) < 4.78 is 5.28. The van der Waals surface area contributed by atoms with Gasteiger partial charge in [-0.2, -0.15) is 0 Å². The van der Waals surface area contributed by atoms with E-state index in [0.717, 1.165) is 25.7 Å². The zero-order valence-corrected chi connectivity index (χ0v) is 13.5. The lowest BCUT2D eigenvalue weighted by molar-refractivity contribution is 0.0489. The Morgan fingerprint density at radius 2 is 1.71 bits per heavy atom. The third-order valence-corrected chi connectivity index (χ3v) is 4.23. The maximum atomic E-state index is 11.7. The first kappa shape index (κ1) is 16.6. The van der Waals surface area contributed by atoms with Crippen LogP contribution < -0.4 is 10.6 Å². The van der Waals surface area contributed by atoms with E-state index >= 15 is 0 Å². The van der Waals surface area contributed by atoms with E-state index in [4.69, 9.17) is 4.74 Å². The van der Waals surface area contributed by atoms with Crippen molar-refractivity contribution in [3.8, 4) is 0 Å². The second-order valence-corrected chi connectivity index (χ2v) is 7.51. The number of nitrogens with one attached hydrogen (secondary N) is 2. The molecule has 3 N–H and O–H groups in total. The van der Waals surface area contributed by atoms with Crippen molar-refractivity contribution >= 4 is 6.09 Å². The predicted molar refractivity (Wildman–Crippen MR) is 82.1 cm³/mol. The zero-order valence-electron chi connectivity index (χ0n) is 13.5. The van der Waals surface area contributed by atoms with Gasteiger partial charge in [0.2, 0.25) is 0 Å². The SMILES string of the molecule is CC(C)(C)OC(=O)NC1CCC(NCC(O)C2CC2)CC1. The summed E-state index contributed by atoms with van der Waals surface area (Å²) in [6, 6.07) is 0.682. The molecule has 1 amide bonds. The van der Waals surface area contributed by atoms with Gasteiger partial charge in [-0.1, -0.05) is 0 Å². The summed E-state index contributed by atoms with van der Waals surface area (Å²) in [5, 5.41) is 16.3. The van der Waals surface area contributed by atoms with E-state index in [1.807, 2.05) is 20.8 Å². The van der Waals surface area contributed by atoms with Crippen LogP contribution in [0.15, 0.2) is 0 Å². The van der Waals surface area contributed by atoms with Crippen LogP contribution >= 0.6 is 0 Å². The van der Waals surface area contributed by atoms with Gasteiger partial charge in [-0.25, -0.2) is 4.79 Å². The van der Waals surface area contributed by atoms with Gasteiger partial charge in [0.05, 0.1) is 6.10 Å². The predicted octanol–water partition coefficient (Wildman–Crippen LogP) is 2.18. The summed E-state index contributed by atoms with van der Waals surface area (Å²) in [5.41, 5.74) is -0.443. The van der Waals surface area contributed by atoms with Crippen molar-refractivity contribution < 1.29 is 14.6 Å². The smallest absolute Gasteiger partial charge is 0.407 e. The maximum absolute atomic E-state index is 11.7. The van der Waals surface area contributed by atoms with Crippen LogP contribution in [0, 0.1) is 5.92 Å². The van der Waals surface area contributed by atoms with Crippen molar-refractivity contribution in [2.75, 3.05) is 6.54 Å². The minimum Gasteiger partial charge on any atom is -0.444 e. The maximum Gasteiger partial charge on any atom is 0.407 e. The van der Waals surface area contributed by atoms with Gasteiger partial charge in [0, 0.05) is 18.6 Å². The number of alkyl carbamates (subject to hydrolysis) is 1. The van der Waals surface area contributed by atoms with Crippen LogP contribution in [-0.2, 0) is 4.74 Å². The highest BCUT2D eigenvalue weighted by atomic mass is 16.6. The Balaban J connectivity index is 1.60. The molecule has 2 aliphatic carbocycles. The van der Waals surface area contributed by atoms with Gasteiger partial charge in [-0.3, -0.25) is 0 Å². The monoisotopic (exact) mass is 298 g/mol. The fraction of sp³-hybridized carbons (Fsp3) is 0.938. The van der Waals surface area contributed by atoms with Gasteiger partial charge in [-0.05, 0) is 65.2 Å². The summed E-state index contributed by atoms with van der Waals surface area (Å²) in [4.78, 5) is 11.7. The number of aliphatic hydroxyl groups is 1. The largest absolute Gasteiger partial charge is 0.444 e. The van der Waals surface area contributed by atoms with Gasteiger partial charge in [0.1, 0.15) is 5.60 Å². The topological polar surface area (TPSA) is 70.6 Å². The Kier molecular flexibility index (Phi) is 5.49. The molecule has 2 aliphatic rings. The van der Waals surface area contributed by atoms with Crippen molar-refractivity contribution in [2.24, 2.45) is 5.92 Å². The number of rotatable bonds is 5. The molecule has 5 heteroatoms. The van der Waals surface area contributed by atoms with Gasteiger partial charge in [0.25, 0.3) is 0 Å². The van der Waals surface area contributed by atoms with Gasteiger partial charge in [0.15, 0.2) is 0 Å². The Hall–Kier alpha value is -0.810. The molecule has 0 aromatic rings. The number of hydrogen-bond acceptors (Lipinski definition) is 4. The average molecular weight is 298 g/mol. The third-order valence-electron chi connectivity index (χ3n) is 4.23. The van der Waals surface area contributed by atoms with E-state index in [-0.39, 0.29) is 18.2 Å². The van der Waals surface area contributed by atoms with Crippen molar-refractivity contribution in [3.05, 3.63) is 0 Å². The highest BCUT2D eigenvalue weighted by molar-refractivity contribution is 5.68. The van der Waals surface area contributed by atoms with Crippen LogP contribution in [0.1, 0.15) is 59.3 Å². The number of ether oxygens (including phenoxy) is 1. The number of carbonyl (C=O) groups is 1. The summed E-state index contributed by atoms with van der Waals surface area (Å²) >= 11 is 0. The van der Waals surface area contributed by atoms with E-state index in [2.05, 4.69) is 10.6 Å². The average Bonchev–Trinajstić information content (AvgIpc) is 3.19. The summed E-state index contributed by atoms with van der Waals surface area (Å²) in [6.07, 6.45) is 5.87. The van der Waals surface area contributed by atoms with Crippen molar-refractivity contribution in [1.82, 2.24) is 10.6 Å². The van der Waals surface area contributed by atoms with E-state index in [9.17, 15) is 9.90 Å². The first-order chi connectivity index (χ1) is 9.83. The fourth-order valence-corrected chi connectivity index (χ4v) is 2.85. The van der Waals surface area contributed by atoms with E-state index < -0.39 is 5.60 Å². The first-order valence-corrected chi connectivity index (χ1v) is 8.24. The zero-order chi connectivity index (χ0) is 15.5. The van der Waals surface area contributed by atoms with Crippen LogP contribution in [0.2, 0.25) is 0 Å². The lowest BCUT2D eigenvalue weighted by Gasteiger charge is -2.31. The molecule has 0 bridgehead atoms. The Morgan fingerprint density at radius 1 is 1.14 bits per heavy atom. The molecular formula is C16H30N2O3. The summed E-state index contributed by atoms with van der Waals surface area (Å²) in [6.45, 7) is 6.33. The van der Waals surface area contributed by atoms with Crippen LogP contribution in [0.25, 0.3) is 0 Å². The van der Waals surface area contributed by atoms with Gasteiger partial charge < -0.3 is 20.5 Å². The molecule has 1 atom stereocenters. The molecule has 5 nitrogen and oxygen atoms in total. The van der Waals surface area contributed by atoms with Crippen molar-refractivity contribution in [1.29, 1.82) is 0 Å². The third kappa shape index (κ3) is 6.22. The summed E-state index contributed by atoms with van der Waals surface area (Å²) in [7, 11) is 0. The number of amides is 1. The molecule has 0 radical (unpaired) electrons. The number of carbonyl (C=O) groups excluding carboxylic acids is 1. The molecule has 0 spiro atoms. The van der Waals surface area contributed by atoms with Crippen LogP contribution in [0.4, 0.5) is 4.79 Å². The first-order valence-electron chi connectivity index (χ1n) is 8.24. The fourth-order valence-electron chi connectivity index (χ4n) is 2.85. The van der Waals surface area contributed by atoms with Gasteiger partial charge in [-0.15, -0.1) is 0 Å². The molecule has 2 fully saturated rings. The molecule has 0 heterocycles. The highest BCUT2D eigenvalue weighted by Gasteiger charge is 2.30. The molecule has 0 saturated heterocycles. The van der Waals surface area contributed by atoms with Crippen LogP contribution in [0.3, 0.4) is 0 Å². The number of aliphatic hydroxyl groups excluding tert-OH is 1. The second-order valence-electron chi connectivity index (χ2n) is 7.51. The lowest BCUT2D eigenvalue weighted by atomic mass is 9.91. The normalized spacial score (nSPS) is 28.0. The van der Waals surface area contributed by atoms with Crippen LogP contribution in [0.5, 0.6) is 0 Å². The Bertz CT molecular complexity index is 342. The van der Waals surface area contributed by atoms with Gasteiger partial charge >= 0.3 is 6.09 Å². The van der Waals surface area contributed by atoms with Crippen molar-refractivity contribution in [2.45, 2.75) is 83.1 Å². The minimum atomic E-state index is -0.443. The quantitative estimate of drug-likeness (QED) is 0.727. The molecular weight excluding hydrogens is 268 g/mol. The second kappa shape index (κ2) is 6.97. The lowest BCUT2D eigenvalue weighted by Crippen LogP contribution is -2.45. The minimum absolute atomic E-state index is 0.178. The molecule has 21 heavy (non-hydrogen) atoms. The van der Waals surface area contributed by atoms with Crippen LogP contribution in [-0.4, -0.2) is 41.5 Å². The Labute approximate surface area is 127 Å². The molecule has 2 rings (SSSR count). The van der Waals surface area contributed by atoms with E-state index in [1.54, 1.807) is 0 Å². The molecule has 0 aromatic heterocycles. The summed E-state index contributed by atoms with van der Waals surface area (Å²) in [5.74, 6) is 0.530. The molecule has 122 valence electrons. The van der Waals surface area contributed by atoms with E-state index in [0.29, 0.717) is 18.5 Å². The van der Waals surface area contributed by atoms with Crippen molar-refractivity contribution in [3.63, 3.8) is 0 Å². The number of hydrogen-bond donors (Lipinski definition) is 3. The molecule has 0 aromatic carbocycles. The highest BCUT2D eigenvalue weighted by Crippen LogP contribution is 2.32.